The van der Waals surface area contributed by atoms with Gasteiger partial charge in [0.15, 0.2) is 0 Å². The van der Waals surface area contributed by atoms with E-state index < -0.39 is 0 Å². The van der Waals surface area contributed by atoms with Crippen molar-refractivity contribution in [1.29, 1.82) is 0 Å². The number of hydrogen-bond acceptors (Lipinski definition) is 2. The quantitative estimate of drug-likeness (QED) is 0.766. The smallest absolute Gasteiger partial charge is 0.0299 e. The molecule has 2 aromatic rings. The fourth-order valence-electron chi connectivity index (χ4n) is 2.46. The average Bonchev–Trinajstić information content (AvgIpc) is 2.51. The molecule has 112 valence electrons. The Morgan fingerprint density at radius 2 is 2.05 bits per heavy atom. The van der Waals surface area contributed by atoms with Crippen molar-refractivity contribution >= 4 is 15.9 Å². The highest BCUT2D eigenvalue weighted by molar-refractivity contribution is 9.10. The van der Waals surface area contributed by atoms with Crippen LogP contribution in [-0.2, 0) is 12.8 Å². The molecule has 21 heavy (non-hydrogen) atoms. The summed E-state index contributed by atoms with van der Waals surface area (Å²) in [6, 6.07) is 13.3. The first-order valence-electron chi connectivity index (χ1n) is 7.64. The Balaban J connectivity index is 1.94. The van der Waals surface area contributed by atoms with E-state index in [1.165, 1.54) is 17.5 Å². The molecule has 1 aromatic carbocycles. The molecule has 1 N–H and O–H groups in total. The van der Waals surface area contributed by atoms with Gasteiger partial charge < -0.3 is 5.32 Å². The van der Waals surface area contributed by atoms with Gasteiger partial charge >= 0.3 is 0 Å². The predicted octanol–water partition coefficient (Wildman–Crippen LogP) is 4.39. The van der Waals surface area contributed by atoms with Crippen molar-refractivity contribution in [3.05, 3.63) is 64.4 Å². The molecule has 1 aromatic heterocycles. The van der Waals surface area contributed by atoms with Crippen molar-refractivity contribution in [3.8, 4) is 0 Å². The summed E-state index contributed by atoms with van der Waals surface area (Å²) in [5.41, 5.74) is 2.69. The summed E-state index contributed by atoms with van der Waals surface area (Å²) in [6.45, 7) is 3.29. The summed E-state index contributed by atoms with van der Waals surface area (Å²) in [5, 5.41) is 3.67. The van der Waals surface area contributed by atoms with Gasteiger partial charge in [-0.15, -0.1) is 0 Å². The lowest BCUT2D eigenvalue weighted by molar-refractivity contribution is 0.477. The Hall–Kier alpha value is -1.19. The van der Waals surface area contributed by atoms with E-state index in [2.05, 4.69) is 63.5 Å². The van der Waals surface area contributed by atoms with Crippen molar-refractivity contribution < 1.29 is 0 Å². The van der Waals surface area contributed by atoms with Crippen molar-refractivity contribution in [1.82, 2.24) is 10.3 Å². The maximum absolute atomic E-state index is 4.19. The zero-order valence-corrected chi connectivity index (χ0v) is 14.1. The third-order valence-electron chi connectivity index (χ3n) is 3.56. The first kappa shape index (κ1) is 16.2. The molecule has 0 radical (unpaired) electrons. The van der Waals surface area contributed by atoms with Gasteiger partial charge in [0.1, 0.15) is 0 Å². The molecule has 0 saturated heterocycles. The largest absolute Gasteiger partial charge is 0.314 e. The number of halogens is 1. The van der Waals surface area contributed by atoms with Crippen molar-refractivity contribution in [3.63, 3.8) is 0 Å². The highest BCUT2D eigenvalue weighted by Crippen LogP contribution is 2.15. The highest BCUT2D eigenvalue weighted by Gasteiger charge is 2.09. The lowest BCUT2D eigenvalue weighted by atomic mass is 9.99. The fraction of sp³-hybridized carbons (Fsp3) is 0.389. The summed E-state index contributed by atoms with van der Waals surface area (Å²) >= 11 is 3.55. The maximum atomic E-state index is 4.19. The summed E-state index contributed by atoms with van der Waals surface area (Å²) < 4.78 is 1.15. The van der Waals surface area contributed by atoms with Crippen molar-refractivity contribution in [2.75, 3.05) is 6.54 Å². The van der Waals surface area contributed by atoms with Crippen LogP contribution in [-0.4, -0.2) is 17.6 Å². The first-order valence-corrected chi connectivity index (χ1v) is 8.44. The second-order valence-electron chi connectivity index (χ2n) is 5.39. The zero-order chi connectivity index (χ0) is 14.9. The van der Waals surface area contributed by atoms with E-state index in [-0.39, 0.29) is 0 Å². The van der Waals surface area contributed by atoms with Crippen LogP contribution in [0.5, 0.6) is 0 Å². The number of hydrogen-bond donors (Lipinski definition) is 1. The van der Waals surface area contributed by atoms with Crippen LogP contribution < -0.4 is 5.32 Å². The zero-order valence-electron chi connectivity index (χ0n) is 12.6. The fourth-order valence-corrected chi connectivity index (χ4v) is 2.91. The van der Waals surface area contributed by atoms with Gasteiger partial charge in [-0.2, -0.15) is 0 Å². The maximum Gasteiger partial charge on any atom is 0.0299 e. The van der Waals surface area contributed by atoms with Gasteiger partial charge in [0, 0.05) is 22.9 Å². The number of pyridine rings is 1. The summed E-state index contributed by atoms with van der Waals surface area (Å²) in [7, 11) is 0. The van der Waals surface area contributed by atoms with Gasteiger partial charge in [-0.3, -0.25) is 4.98 Å². The van der Waals surface area contributed by atoms with Gasteiger partial charge in [0.25, 0.3) is 0 Å². The molecule has 2 rings (SSSR count). The van der Waals surface area contributed by atoms with Crippen molar-refractivity contribution in [2.24, 2.45) is 0 Å². The molecule has 2 nitrogen and oxygen atoms in total. The number of nitrogens with zero attached hydrogens (tertiary/aromatic N) is 1. The van der Waals surface area contributed by atoms with E-state index in [0.717, 1.165) is 30.3 Å². The van der Waals surface area contributed by atoms with Gasteiger partial charge in [-0.25, -0.2) is 0 Å². The van der Waals surface area contributed by atoms with E-state index >= 15 is 0 Å². The molecule has 1 unspecified atom stereocenters. The Morgan fingerprint density at radius 3 is 2.76 bits per heavy atom. The molecule has 1 atom stereocenters. The lowest BCUT2D eigenvalue weighted by Crippen LogP contribution is -2.32. The molecule has 0 bridgehead atoms. The molecule has 0 spiro atoms. The van der Waals surface area contributed by atoms with Gasteiger partial charge in [0.05, 0.1) is 0 Å². The molecular formula is C18H23BrN2. The number of benzene rings is 1. The molecule has 3 heteroatoms. The van der Waals surface area contributed by atoms with E-state index in [0.29, 0.717) is 6.04 Å². The molecule has 0 aliphatic rings. The van der Waals surface area contributed by atoms with Crippen LogP contribution in [0.15, 0.2) is 53.3 Å². The lowest BCUT2D eigenvalue weighted by Gasteiger charge is -2.19. The van der Waals surface area contributed by atoms with Gasteiger partial charge in [0.2, 0.25) is 0 Å². The monoisotopic (exact) mass is 346 g/mol. The first-order chi connectivity index (χ1) is 10.3. The number of aryl methyl sites for hydroxylation is 1. The van der Waals surface area contributed by atoms with Gasteiger partial charge in [-0.1, -0.05) is 41.1 Å². The average molecular weight is 347 g/mol. The summed E-state index contributed by atoms with van der Waals surface area (Å²) in [6.07, 6.45) is 8.25. The Bertz CT molecular complexity index is 528. The normalized spacial score (nSPS) is 12.3. The molecule has 0 amide bonds. The topological polar surface area (TPSA) is 24.9 Å². The molecule has 0 fully saturated rings. The van der Waals surface area contributed by atoms with Crippen LogP contribution in [0.25, 0.3) is 0 Å². The number of rotatable bonds is 8. The van der Waals surface area contributed by atoms with E-state index in [1.54, 1.807) is 0 Å². The third kappa shape index (κ3) is 5.98. The van der Waals surface area contributed by atoms with Crippen LogP contribution in [0.4, 0.5) is 0 Å². The van der Waals surface area contributed by atoms with Crippen LogP contribution in [0.2, 0.25) is 0 Å². The Kier molecular flexibility index (Phi) is 6.90. The van der Waals surface area contributed by atoms with Crippen LogP contribution in [0, 0.1) is 0 Å². The Morgan fingerprint density at radius 1 is 1.19 bits per heavy atom. The van der Waals surface area contributed by atoms with E-state index in [9.17, 15) is 0 Å². The summed E-state index contributed by atoms with van der Waals surface area (Å²) in [4.78, 5) is 4.19. The van der Waals surface area contributed by atoms with Crippen LogP contribution >= 0.6 is 15.9 Å². The number of aromatic nitrogens is 1. The van der Waals surface area contributed by atoms with Crippen molar-refractivity contribution in [2.45, 2.75) is 38.6 Å². The molecule has 0 aliphatic carbocycles. The molecule has 0 aliphatic heterocycles. The second-order valence-corrected chi connectivity index (χ2v) is 6.30. The van der Waals surface area contributed by atoms with Gasteiger partial charge in [-0.05, 0) is 61.6 Å². The van der Waals surface area contributed by atoms with Crippen LogP contribution in [0.3, 0.4) is 0 Å². The van der Waals surface area contributed by atoms with E-state index in [1.807, 2.05) is 18.5 Å². The standard InChI is InChI=1S/C18H23BrN2/c1-2-10-21-18(9-8-15-6-4-11-20-14-15)13-16-5-3-7-17(19)12-16/h3-7,11-12,14,18,21H,2,8-10,13H2,1H3. The third-order valence-corrected chi connectivity index (χ3v) is 4.05. The minimum Gasteiger partial charge on any atom is -0.314 e. The Labute approximate surface area is 136 Å². The molecular weight excluding hydrogens is 324 g/mol. The van der Waals surface area contributed by atoms with E-state index in [4.69, 9.17) is 0 Å². The summed E-state index contributed by atoms with van der Waals surface area (Å²) in [5.74, 6) is 0. The SMILES string of the molecule is CCCNC(CCc1cccnc1)Cc1cccc(Br)c1. The minimum absolute atomic E-state index is 0.513. The minimum atomic E-state index is 0.513. The number of nitrogens with one attached hydrogen (secondary N) is 1. The molecule has 0 saturated carbocycles. The predicted molar refractivity (Wildman–Crippen MR) is 92.5 cm³/mol. The van der Waals surface area contributed by atoms with Crippen LogP contribution in [0.1, 0.15) is 30.9 Å². The second kappa shape index (κ2) is 8.96. The molecule has 1 heterocycles. The highest BCUT2D eigenvalue weighted by atomic mass is 79.9.